The summed E-state index contributed by atoms with van der Waals surface area (Å²) >= 11 is 0. The lowest BCUT2D eigenvalue weighted by Crippen LogP contribution is -2.27. The number of nitrogens with zero attached hydrogens (tertiary/aromatic N) is 2. The van der Waals surface area contributed by atoms with Gasteiger partial charge in [0.25, 0.3) is 0 Å². The molecule has 5 heteroatoms. The summed E-state index contributed by atoms with van der Waals surface area (Å²) in [6.45, 7) is 0.442. The number of amidine groups is 1. The molecule has 0 radical (unpaired) electrons. The Morgan fingerprint density at radius 3 is 2.86 bits per heavy atom. The van der Waals surface area contributed by atoms with Crippen molar-refractivity contribution in [2.45, 2.75) is 6.54 Å². The standard InChI is InChI=1S/C16H16FN4/c1-20-7-2-3-15-14(20)6-8-21(15)10-12-5-4-11(16(18)19)9-13(12)17/h2-9H,10H2,1H3,(H3,18,19)/q+1. The number of aryl methyl sites for hydroxylation is 1. The molecule has 1 aromatic carbocycles. The van der Waals surface area contributed by atoms with E-state index < -0.39 is 0 Å². The monoisotopic (exact) mass is 283 g/mol. The quantitative estimate of drug-likeness (QED) is 0.431. The first-order valence-corrected chi connectivity index (χ1v) is 6.62. The molecule has 0 saturated heterocycles. The first-order valence-electron chi connectivity index (χ1n) is 6.62. The van der Waals surface area contributed by atoms with E-state index in [0.29, 0.717) is 17.7 Å². The zero-order valence-electron chi connectivity index (χ0n) is 11.7. The molecule has 106 valence electrons. The summed E-state index contributed by atoms with van der Waals surface area (Å²) < 4.78 is 18.1. The molecule has 0 aliphatic heterocycles. The number of aromatic nitrogens is 2. The molecular weight excluding hydrogens is 267 g/mol. The van der Waals surface area contributed by atoms with E-state index in [0.717, 1.165) is 11.0 Å². The van der Waals surface area contributed by atoms with Crippen molar-refractivity contribution in [2.75, 3.05) is 0 Å². The van der Waals surface area contributed by atoms with Crippen molar-refractivity contribution in [1.29, 1.82) is 5.41 Å². The Bertz CT molecular complexity index is 835. The summed E-state index contributed by atoms with van der Waals surface area (Å²) in [5.41, 5.74) is 8.49. The van der Waals surface area contributed by atoms with Crippen LogP contribution in [0.1, 0.15) is 11.1 Å². The smallest absolute Gasteiger partial charge is 0.230 e. The van der Waals surface area contributed by atoms with Crippen molar-refractivity contribution in [2.24, 2.45) is 12.8 Å². The van der Waals surface area contributed by atoms with Crippen molar-refractivity contribution in [3.8, 4) is 0 Å². The lowest BCUT2D eigenvalue weighted by atomic mass is 10.1. The number of fused-ring (bicyclic) bond motifs is 1. The van der Waals surface area contributed by atoms with Gasteiger partial charge in [0.2, 0.25) is 5.52 Å². The number of pyridine rings is 1. The second-order valence-electron chi connectivity index (χ2n) is 5.05. The summed E-state index contributed by atoms with van der Waals surface area (Å²) in [4.78, 5) is 0. The molecular formula is C16H16FN4+. The minimum atomic E-state index is -0.343. The third-order valence-electron chi connectivity index (χ3n) is 3.63. The van der Waals surface area contributed by atoms with Crippen molar-refractivity contribution in [1.82, 2.24) is 4.57 Å². The van der Waals surface area contributed by atoms with Crippen LogP contribution < -0.4 is 10.3 Å². The van der Waals surface area contributed by atoms with Gasteiger partial charge in [-0.15, -0.1) is 0 Å². The summed E-state index contributed by atoms with van der Waals surface area (Å²) in [5, 5.41) is 7.33. The van der Waals surface area contributed by atoms with Crippen LogP contribution in [0.15, 0.2) is 48.8 Å². The second-order valence-corrected chi connectivity index (χ2v) is 5.05. The molecule has 0 unspecified atom stereocenters. The molecule has 2 aromatic heterocycles. The van der Waals surface area contributed by atoms with Gasteiger partial charge in [-0.2, -0.15) is 4.57 Å². The van der Waals surface area contributed by atoms with Gasteiger partial charge in [-0.25, -0.2) is 4.39 Å². The Morgan fingerprint density at radius 1 is 1.33 bits per heavy atom. The third kappa shape index (κ3) is 2.38. The lowest BCUT2D eigenvalue weighted by molar-refractivity contribution is -0.644. The molecule has 0 aliphatic carbocycles. The molecule has 0 amide bonds. The summed E-state index contributed by atoms with van der Waals surface area (Å²) in [6.07, 6.45) is 3.93. The number of halogens is 1. The van der Waals surface area contributed by atoms with Crippen LogP contribution in [0.5, 0.6) is 0 Å². The topological polar surface area (TPSA) is 58.7 Å². The molecule has 4 nitrogen and oxygen atoms in total. The predicted molar refractivity (Wildman–Crippen MR) is 79.6 cm³/mol. The Kier molecular flexibility index (Phi) is 3.17. The number of hydrogen-bond acceptors (Lipinski definition) is 1. The van der Waals surface area contributed by atoms with Crippen LogP contribution in [0.4, 0.5) is 4.39 Å². The number of nitrogen functional groups attached to an aromatic ring is 1. The van der Waals surface area contributed by atoms with E-state index in [1.165, 1.54) is 6.07 Å². The highest BCUT2D eigenvalue weighted by Gasteiger charge is 2.11. The maximum atomic E-state index is 14.1. The molecule has 0 spiro atoms. The van der Waals surface area contributed by atoms with Crippen LogP contribution in [0, 0.1) is 11.2 Å². The average Bonchev–Trinajstić information content (AvgIpc) is 2.85. The largest absolute Gasteiger partial charge is 0.384 e. The van der Waals surface area contributed by atoms with Crippen LogP contribution in [-0.2, 0) is 13.6 Å². The highest BCUT2D eigenvalue weighted by atomic mass is 19.1. The summed E-state index contributed by atoms with van der Waals surface area (Å²) in [7, 11) is 1.98. The van der Waals surface area contributed by atoms with Crippen LogP contribution in [0.25, 0.3) is 11.0 Å². The van der Waals surface area contributed by atoms with E-state index in [2.05, 4.69) is 0 Å². The molecule has 0 saturated carbocycles. The van der Waals surface area contributed by atoms with Gasteiger partial charge in [0.05, 0.1) is 6.54 Å². The Balaban J connectivity index is 1.99. The van der Waals surface area contributed by atoms with E-state index in [9.17, 15) is 4.39 Å². The van der Waals surface area contributed by atoms with Gasteiger partial charge in [-0.3, -0.25) is 5.41 Å². The molecule has 0 aliphatic rings. The first kappa shape index (κ1) is 13.3. The van der Waals surface area contributed by atoms with Gasteiger partial charge in [-0.1, -0.05) is 12.1 Å². The highest BCUT2D eigenvalue weighted by molar-refractivity contribution is 5.94. The molecule has 2 heterocycles. The van der Waals surface area contributed by atoms with Crippen molar-refractivity contribution in [3.05, 3.63) is 65.7 Å². The summed E-state index contributed by atoms with van der Waals surface area (Å²) in [6, 6.07) is 10.7. The van der Waals surface area contributed by atoms with Gasteiger partial charge in [-0.05, 0) is 12.1 Å². The van der Waals surface area contributed by atoms with Gasteiger partial charge >= 0.3 is 0 Å². The van der Waals surface area contributed by atoms with Crippen LogP contribution >= 0.6 is 0 Å². The first-order chi connectivity index (χ1) is 10.1. The van der Waals surface area contributed by atoms with Gasteiger partial charge in [0, 0.05) is 29.5 Å². The van der Waals surface area contributed by atoms with Crippen LogP contribution in [0.3, 0.4) is 0 Å². The van der Waals surface area contributed by atoms with E-state index in [4.69, 9.17) is 11.1 Å². The van der Waals surface area contributed by atoms with Crippen molar-refractivity contribution >= 4 is 16.9 Å². The fourth-order valence-electron chi connectivity index (χ4n) is 2.46. The number of nitrogens with one attached hydrogen (secondary N) is 1. The van der Waals surface area contributed by atoms with E-state index >= 15 is 0 Å². The zero-order valence-corrected chi connectivity index (χ0v) is 11.7. The average molecular weight is 283 g/mol. The van der Waals surface area contributed by atoms with Crippen LogP contribution in [-0.4, -0.2) is 10.4 Å². The summed E-state index contributed by atoms with van der Waals surface area (Å²) in [5.74, 6) is -0.469. The van der Waals surface area contributed by atoms with Crippen molar-refractivity contribution < 1.29 is 8.96 Å². The molecule has 0 fully saturated rings. The number of hydrogen-bond donors (Lipinski definition) is 2. The molecule has 0 bridgehead atoms. The lowest BCUT2D eigenvalue weighted by Gasteiger charge is -2.07. The maximum Gasteiger partial charge on any atom is 0.230 e. The molecule has 21 heavy (non-hydrogen) atoms. The van der Waals surface area contributed by atoms with E-state index in [1.807, 2.05) is 46.8 Å². The highest BCUT2D eigenvalue weighted by Crippen LogP contribution is 2.16. The third-order valence-corrected chi connectivity index (χ3v) is 3.63. The van der Waals surface area contributed by atoms with E-state index in [-0.39, 0.29) is 11.7 Å². The fourth-order valence-corrected chi connectivity index (χ4v) is 2.46. The Hall–Kier alpha value is -2.69. The minimum absolute atomic E-state index is 0.126. The molecule has 0 atom stereocenters. The number of rotatable bonds is 3. The second kappa shape index (κ2) is 5.01. The SMILES string of the molecule is C[n+]1cccc2c1ccn2Cc1ccc(C(=N)N)cc1F. The van der Waals surface area contributed by atoms with Crippen molar-refractivity contribution in [3.63, 3.8) is 0 Å². The number of benzene rings is 1. The normalized spacial score (nSPS) is 11.0. The Labute approximate surface area is 121 Å². The molecule has 3 N–H and O–H groups in total. The Morgan fingerprint density at radius 2 is 2.14 bits per heavy atom. The molecule has 3 rings (SSSR count). The maximum absolute atomic E-state index is 14.1. The molecule has 3 aromatic rings. The van der Waals surface area contributed by atoms with Gasteiger partial charge < -0.3 is 10.3 Å². The van der Waals surface area contributed by atoms with Crippen LogP contribution in [0.2, 0.25) is 0 Å². The number of nitrogens with two attached hydrogens (primary N) is 1. The minimum Gasteiger partial charge on any atom is -0.384 e. The zero-order chi connectivity index (χ0) is 15.0. The fraction of sp³-hybridized carbons (Fsp3) is 0.125. The van der Waals surface area contributed by atoms with Gasteiger partial charge in [0.15, 0.2) is 6.20 Å². The van der Waals surface area contributed by atoms with E-state index in [1.54, 1.807) is 12.1 Å². The predicted octanol–water partition coefficient (Wildman–Crippen LogP) is 1.94. The van der Waals surface area contributed by atoms with Gasteiger partial charge in [0.1, 0.15) is 24.2 Å².